The van der Waals surface area contributed by atoms with Crippen LogP contribution in [0.3, 0.4) is 0 Å². The Morgan fingerprint density at radius 2 is 2.03 bits per heavy atom. The number of rotatable bonds is 7. The van der Waals surface area contributed by atoms with Gasteiger partial charge in [0.1, 0.15) is 11.6 Å². The molecule has 9 nitrogen and oxygen atoms in total. The summed E-state index contributed by atoms with van der Waals surface area (Å²) in [4.78, 5) is 24.2. The summed E-state index contributed by atoms with van der Waals surface area (Å²) in [6, 6.07) is 16.8. The summed E-state index contributed by atoms with van der Waals surface area (Å²) in [5.74, 6) is 6.86. The topological polar surface area (TPSA) is 110 Å². The monoisotopic (exact) mass is 583 g/mol. The number of halogens is 2. The number of aromatic nitrogens is 3. The molecule has 4 aromatic rings. The summed E-state index contributed by atoms with van der Waals surface area (Å²) in [6.07, 6.45) is 3.71. The third-order valence-corrected chi connectivity index (χ3v) is 7.35. The number of piperidine rings is 1. The van der Waals surface area contributed by atoms with Crippen LogP contribution in [-0.4, -0.2) is 45.2 Å². The summed E-state index contributed by atoms with van der Waals surface area (Å²) in [6.45, 7) is 2.55. The van der Waals surface area contributed by atoms with Gasteiger partial charge in [-0.3, -0.25) is 0 Å². The van der Waals surface area contributed by atoms with Gasteiger partial charge in [-0.05, 0) is 58.5 Å². The molecule has 1 atom stereocenters. The van der Waals surface area contributed by atoms with Crippen LogP contribution in [0.4, 0.5) is 10.6 Å². The molecule has 2 amide bonds. The smallest absolute Gasteiger partial charge is 0.317 e. The molecule has 1 aliphatic heterocycles. The van der Waals surface area contributed by atoms with E-state index in [4.69, 9.17) is 27.3 Å². The molecule has 37 heavy (non-hydrogen) atoms. The van der Waals surface area contributed by atoms with Crippen molar-refractivity contribution in [1.82, 2.24) is 24.8 Å². The number of nitrogens with two attached hydrogens (primary N) is 1. The average Bonchev–Trinajstić information content (AvgIpc) is 3.31. The fourth-order valence-corrected chi connectivity index (χ4v) is 5.09. The van der Waals surface area contributed by atoms with Gasteiger partial charge in [0.05, 0.1) is 16.4 Å². The normalized spacial score (nSPS) is 15.5. The highest BCUT2D eigenvalue weighted by molar-refractivity contribution is 9.10. The van der Waals surface area contributed by atoms with E-state index in [2.05, 4.69) is 31.7 Å². The molecule has 5 rings (SSSR count). The summed E-state index contributed by atoms with van der Waals surface area (Å²) < 4.78 is 2.58. The number of carbonyl (C=O) groups excluding carboxylic acids is 1. The lowest BCUT2D eigenvalue weighted by Gasteiger charge is -2.33. The Morgan fingerprint density at radius 1 is 1.22 bits per heavy atom. The summed E-state index contributed by atoms with van der Waals surface area (Å²) in [7, 11) is 0. The van der Waals surface area contributed by atoms with Crippen LogP contribution in [-0.2, 0) is 6.54 Å². The second-order valence-electron chi connectivity index (χ2n) is 8.99. The first-order chi connectivity index (χ1) is 18.0. The quantitative estimate of drug-likeness (QED) is 0.261. The summed E-state index contributed by atoms with van der Waals surface area (Å²) >= 11 is 10.00. The first-order valence-corrected chi connectivity index (χ1v) is 13.2. The van der Waals surface area contributed by atoms with Crippen LogP contribution in [0.2, 0.25) is 5.02 Å². The van der Waals surface area contributed by atoms with E-state index < -0.39 is 0 Å². The predicted molar refractivity (Wildman–Crippen MR) is 147 cm³/mol. The minimum Gasteiger partial charge on any atom is -0.412 e. The lowest BCUT2D eigenvalue weighted by Crippen LogP contribution is -2.46. The number of hydrogen-bond acceptors (Lipinski definition) is 6. The van der Waals surface area contributed by atoms with Gasteiger partial charge in [0.15, 0.2) is 5.65 Å². The molecule has 11 heteroatoms. The van der Waals surface area contributed by atoms with Crippen molar-refractivity contribution in [2.24, 2.45) is 11.8 Å². The third-order valence-electron chi connectivity index (χ3n) is 6.46. The zero-order valence-electron chi connectivity index (χ0n) is 20.0. The SMILES string of the molecule is NOc1ccc(CNC(=O)N2CCCC(CNc3cc(-c4ccccc4Cl)nc4c(Br)cnn34)C2)cc1. The van der Waals surface area contributed by atoms with Gasteiger partial charge in [-0.25, -0.2) is 9.78 Å². The molecule has 2 aromatic heterocycles. The number of carbonyl (C=O) groups is 1. The van der Waals surface area contributed by atoms with Crippen molar-refractivity contribution in [2.45, 2.75) is 19.4 Å². The van der Waals surface area contributed by atoms with Crippen LogP contribution in [0, 0.1) is 5.92 Å². The molecule has 3 heterocycles. The number of fused-ring (bicyclic) bond motifs is 1. The number of amides is 2. The standard InChI is InChI=1S/C26H27BrClN7O2/c27-21-15-32-35-24(12-23(33-25(21)35)20-5-1-2-6-22(20)28)30-14-18-4-3-11-34(16-18)26(36)31-13-17-7-9-19(37-29)10-8-17/h1-2,5-10,12,15,18,30H,3-4,11,13-14,16,29H2,(H,31,36). The number of benzene rings is 2. The van der Waals surface area contributed by atoms with Gasteiger partial charge < -0.3 is 20.4 Å². The van der Waals surface area contributed by atoms with Crippen LogP contribution >= 0.6 is 27.5 Å². The minimum absolute atomic E-state index is 0.0628. The highest BCUT2D eigenvalue weighted by Gasteiger charge is 2.24. The van der Waals surface area contributed by atoms with Crippen LogP contribution < -0.4 is 21.4 Å². The van der Waals surface area contributed by atoms with Crippen molar-refractivity contribution in [1.29, 1.82) is 0 Å². The van der Waals surface area contributed by atoms with Crippen molar-refractivity contribution < 1.29 is 9.63 Å². The van der Waals surface area contributed by atoms with E-state index in [1.54, 1.807) is 22.8 Å². The zero-order valence-corrected chi connectivity index (χ0v) is 22.4. The lowest BCUT2D eigenvalue weighted by atomic mass is 9.98. The highest BCUT2D eigenvalue weighted by atomic mass is 79.9. The Balaban J connectivity index is 1.24. The molecule has 1 unspecified atom stereocenters. The Morgan fingerprint density at radius 3 is 2.81 bits per heavy atom. The van der Waals surface area contributed by atoms with Gasteiger partial charge in [-0.2, -0.15) is 15.5 Å². The number of urea groups is 1. The predicted octanol–water partition coefficient (Wildman–Crippen LogP) is 5.10. The van der Waals surface area contributed by atoms with Crippen molar-refractivity contribution in [3.05, 3.63) is 75.9 Å². The molecule has 1 saturated heterocycles. The Hall–Kier alpha value is -3.34. The number of likely N-dealkylation sites (tertiary alicyclic amines) is 1. The van der Waals surface area contributed by atoms with Gasteiger partial charge in [0, 0.05) is 42.8 Å². The second kappa shape index (κ2) is 11.4. The van der Waals surface area contributed by atoms with E-state index in [1.807, 2.05) is 47.4 Å². The number of anilines is 1. The molecule has 0 radical (unpaired) electrons. The van der Waals surface area contributed by atoms with Crippen LogP contribution in [0.25, 0.3) is 16.9 Å². The average molecular weight is 585 g/mol. The van der Waals surface area contributed by atoms with Gasteiger partial charge in [-0.1, -0.05) is 41.9 Å². The highest BCUT2D eigenvalue weighted by Crippen LogP contribution is 2.30. The van der Waals surface area contributed by atoms with Crippen LogP contribution in [0.1, 0.15) is 18.4 Å². The molecular weight excluding hydrogens is 558 g/mol. The lowest BCUT2D eigenvalue weighted by molar-refractivity contribution is 0.168. The molecule has 4 N–H and O–H groups in total. The second-order valence-corrected chi connectivity index (χ2v) is 10.3. The van der Waals surface area contributed by atoms with Gasteiger partial charge >= 0.3 is 6.03 Å². The molecule has 0 bridgehead atoms. The molecule has 0 saturated carbocycles. The first-order valence-electron chi connectivity index (χ1n) is 12.0. The van der Waals surface area contributed by atoms with E-state index in [1.165, 1.54) is 0 Å². The molecule has 2 aromatic carbocycles. The first kappa shape index (κ1) is 25.3. The van der Waals surface area contributed by atoms with Gasteiger partial charge in [0.2, 0.25) is 0 Å². The zero-order chi connectivity index (χ0) is 25.8. The molecule has 0 aliphatic carbocycles. The maximum absolute atomic E-state index is 12.8. The summed E-state index contributed by atoms with van der Waals surface area (Å²) in [5.41, 5.74) is 3.30. The van der Waals surface area contributed by atoms with Crippen molar-refractivity contribution in [3.8, 4) is 17.0 Å². The maximum atomic E-state index is 12.8. The summed E-state index contributed by atoms with van der Waals surface area (Å²) in [5, 5.41) is 11.7. The van der Waals surface area contributed by atoms with E-state index in [9.17, 15) is 4.79 Å². The number of nitrogens with one attached hydrogen (secondary N) is 2. The van der Waals surface area contributed by atoms with Crippen molar-refractivity contribution >= 4 is 45.0 Å². The van der Waals surface area contributed by atoms with E-state index in [0.717, 1.165) is 46.5 Å². The van der Waals surface area contributed by atoms with E-state index in [0.29, 0.717) is 42.0 Å². The van der Waals surface area contributed by atoms with Gasteiger partial charge in [0.25, 0.3) is 0 Å². The molecule has 192 valence electrons. The number of hydrogen-bond donors (Lipinski definition) is 3. The van der Waals surface area contributed by atoms with Crippen LogP contribution in [0.15, 0.2) is 65.3 Å². The Kier molecular flexibility index (Phi) is 7.78. The Bertz CT molecular complexity index is 1400. The third kappa shape index (κ3) is 5.82. The van der Waals surface area contributed by atoms with Gasteiger partial charge in [-0.15, -0.1) is 0 Å². The largest absolute Gasteiger partial charge is 0.412 e. The molecule has 1 fully saturated rings. The minimum atomic E-state index is -0.0628. The molecule has 0 spiro atoms. The number of nitrogens with zero attached hydrogens (tertiary/aromatic N) is 4. The van der Waals surface area contributed by atoms with E-state index >= 15 is 0 Å². The van der Waals surface area contributed by atoms with Crippen molar-refractivity contribution in [2.75, 3.05) is 25.0 Å². The molecular formula is C26H27BrClN7O2. The fraction of sp³-hybridized carbons (Fsp3) is 0.269. The van der Waals surface area contributed by atoms with Crippen LogP contribution in [0.5, 0.6) is 5.75 Å². The Labute approximate surface area is 228 Å². The maximum Gasteiger partial charge on any atom is 0.317 e. The van der Waals surface area contributed by atoms with E-state index in [-0.39, 0.29) is 6.03 Å². The molecule has 1 aliphatic rings. The fourth-order valence-electron chi connectivity index (χ4n) is 4.51. The van der Waals surface area contributed by atoms with Crippen molar-refractivity contribution in [3.63, 3.8) is 0 Å².